The van der Waals surface area contributed by atoms with E-state index in [0.29, 0.717) is 0 Å². The number of benzene rings is 1. The third-order valence-electron chi connectivity index (χ3n) is 3.37. The third-order valence-corrected chi connectivity index (χ3v) is 3.37. The monoisotopic (exact) mass is 206 g/mol. The molecule has 0 aliphatic heterocycles. The summed E-state index contributed by atoms with van der Waals surface area (Å²) in [6.07, 6.45) is 3.91. The number of aliphatic hydroxyl groups is 1. The molecule has 2 rings (SSSR count). The second kappa shape index (κ2) is 4.33. The van der Waals surface area contributed by atoms with Gasteiger partial charge in [0, 0.05) is 7.11 Å². The van der Waals surface area contributed by atoms with Crippen molar-refractivity contribution in [1.82, 2.24) is 0 Å². The van der Waals surface area contributed by atoms with Crippen LogP contribution in [0.3, 0.4) is 0 Å². The van der Waals surface area contributed by atoms with Crippen LogP contribution in [-0.2, 0) is 10.3 Å². The van der Waals surface area contributed by atoms with Crippen molar-refractivity contribution >= 4 is 0 Å². The maximum absolute atomic E-state index is 10.7. The Kier molecular flexibility index (Phi) is 3.08. The van der Waals surface area contributed by atoms with Crippen LogP contribution in [0.25, 0.3) is 0 Å². The van der Waals surface area contributed by atoms with Gasteiger partial charge in [-0.25, -0.2) is 0 Å². The summed E-state index contributed by atoms with van der Waals surface area (Å²) in [5, 5.41) is 10.7. The summed E-state index contributed by atoms with van der Waals surface area (Å²) in [4.78, 5) is 0. The van der Waals surface area contributed by atoms with E-state index in [0.717, 1.165) is 31.2 Å². The first-order valence-corrected chi connectivity index (χ1v) is 5.58. The van der Waals surface area contributed by atoms with E-state index in [1.807, 2.05) is 30.3 Å². The predicted octanol–water partition coefficient (Wildman–Crippen LogP) is 2.46. The van der Waals surface area contributed by atoms with Crippen molar-refractivity contribution in [2.24, 2.45) is 0 Å². The van der Waals surface area contributed by atoms with Gasteiger partial charge in [0.25, 0.3) is 0 Å². The van der Waals surface area contributed by atoms with Gasteiger partial charge in [-0.05, 0) is 18.4 Å². The maximum atomic E-state index is 10.7. The molecule has 2 atom stereocenters. The van der Waals surface area contributed by atoms with E-state index in [4.69, 9.17) is 4.74 Å². The second-order valence-electron chi connectivity index (χ2n) is 4.26. The van der Waals surface area contributed by atoms with Gasteiger partial charge < -0.3 is 9.84 Å². The van der Waals surface area contributed by atoms with E-state index in [-0.39, 0.29) is 6.10 Å². The molecule has 0 unspecified atom stereocenters. The normalized spacial score (nSPS) is 31.5. The van der Waals surface area contributed by atoms with Crippen molar-refractivity contribution in [3.63, 3.8) is 0 Å². The molecule has 0 bridgehead atoms. The minimum atomic E-state index is -0.783. The van der Waals surface area contributed by atoms with Gasteiger partial charge in [0.05, 0.1) is 6.10 Å². The lowest BCUT2D eigenvalue weighted by Crippen LogP contribution is -2.43. The van der Waals surface area contributed by atoms with Crippen molar-refractivity contribution in [3.8, 4) is 0 Å². The first-order valence-electron chi connectivity index (χ1n) is 5.58. The molecule has 1 saturated carbocycles. The molecule has 0 saturated heterocycles. The number of methoxy groups -OCH3 is 1. The average Bonchev–Trinajstić information content (AvgIpc) is 2.31. The van der Waals surface area contributed by atoms with Gasteiger partial charge in [-0.2, -0.15) is 0 Å². The zero-order valence-corrected chi connectivity index (χ0v) is 9.15. The van der Waals surface area contributed by atoms with Gasteiger partial charge in [0.2, 0.25) is 0 Å². The van der Waals surface area contributed by atoms with Crippen molar-refractivity contribution in [3.05, 3.63) is 35.9 Å². The lowest BCUT2D eigenvalue weighted by Gasteiger charge is -2.39. The Morgan fingerprint density at radius 1 is 1.27 bits per heavy atom. The lowest BCUT2D eigenvalue weighted by atomic mass is 9.77. The Hall–Kier alpha value is -0.860. The highest BCUT2D eigenvalue weighted by Crippen LogP contribution is 2.38. The van der Waals surface area contributed by atoms with Crippen molar-refractivity contribution < 1.29 is 9.84 Å². The van der Waals surface area contributed by atoms with Gasteiger partial charge in [0.15, 0.2) is 0 Å². The fourth-order valence-corrected chi connectivity index (χ4v) is 2.49. The summed E-state index contributed by atoms with van der Waals surface area (Å²) in [5.41, 5.74) is 0.199. The van der Waals surface area contributed by atoms with E-state index >= 15 is 0 Å². The number of hydrogen-bond acceptors (Lipinski definition) is 2. The predicted molar refractivity (Wildman–Crippen MR) is 59.6 cm³/mol. The SMILES string of the molecule is CO[C@H]1CCCC[C@@]1(O)c1ccccc1. The molecule has 0 heterocycles. The first-order chi connectivity index (χ1) is 7.27. The second-order valence-corrected chi connectivity index (χ2v) is 4.26. The summed E-state index contributed by atoms with van der Waals surface area (Å²) >= 11 is 0. The van der Waals surface area contributed by atoms with Crippen molar-refractivity contribution in [2.75, 3.05) is 7.11 Å². The number of ether oxygens (including phenoxy) is 1. The molecule has 0 aromatic heterocycles. The van der Waals surface area contributed by atoms with Crippen LogP contribution in [0.15, 0.2) is 30.3 Å². The molecule has 1 aromatic rings. The van der Waals surface area contributed by atoms with Crippen molar-refractivity contribution in [1.29, 1.82) is 0 Å². The van der Waals surface area contributed by atoms with E-state index in [9.17, 15) is 5.11 Å². The molecular weight excluding hydrogens is 188 g/mol. The Balaban J connectivity index is 2.30. The highest BCUT2D eigenvalue weighted by Gasteiger charge is 2.40. The van der Waals surface area contributed by atoms with Gasteiger partial charge in [-0.15, -0.1) is 0 Å². The van der Waals surface area contributed by atoms with Crippen LogP contribution < -0.4 is 0 Å². The standard InChI is InChI=1S/C13H18O2/c1-15-12-9-5-6-10-13(12,14)11-7-3-2-4-8-11/h2-4,7-8,12,14H,5-6,9-10H2,1H3/t12-,13+/m0/s1. The first kappa shape index (κ1) is 10.7. The minimum Gasteiger partial charge on any atom is -0.382 e. The minimum absolute atomic E-state index is 0.0614. The summed E-state index contributed by atoms with van der Waals surface area (Å²) in [6.45, 7) is 0. The zero-order chi connectivity index (χ0) is 10.7. The van der Waals surface area contributed by atoms with E-state index in [2.05, 4.69) is 0 Å². The number of hydrogen-bond donors (Lipinski definition) is 1. The van der Waals surface area contributed by atoms with E-state index in [1.54, 1.807) is 7.11 Å². The fourth-order valence-electron chi connectivity index (χ4n) is 2.49. The van der Waals surface area contributed by atoms with Crippen LogP contribution in [0.1, 0.15) is 31.2 Å². The Bertz CT molecular complexity index is 310. The molecule has 2 nitrogen and oxygen atoms in total. The molecular formula is C13H18O2. The summed E-state index contributed by atoms with van der Waals surface area (Å²) in [6, 6.07) is 9.87. The average molecular weight is 206 g/mol. The molecule has 0 spiro atoms. The molecule has 2 heteroatoms. The summed E-state index contributed by atoms with van der Waals surface area (Å²) in [7, 11) is 1.68. The molecule has 1 aliphatic rings. The summed E-state index contributed by atoms with van der Waals surface area (Å²) in [5.74, 6) is 0. The summed E-state index contributed by atoms with van der Waals surface area (Å²) < 4.78 is 5.41. The number of rotatable bonds is 2. The van der Waals surface area contributed by atoms with Crippen LogP contribution in [0.4, 0.5) is 0 Å². The fraction of sp³-hybridized carbons (Fsp3) is 0.538. The topological polar surface area (TPSA) is 29.5 Å². The van der Waals surface area contributed by atoms with Crippen LogP contribution in [-0.4, -0.2) is 18.3 Å². The smallest absolute Gasteiger partial charge is 0.116 e. The van der Waals surface area contributed by atoms with Gasteiger partial charge in [0.1, 0.15) is 5.60 Å². The zero-order valence-electron chi connectivity index (χ0n) is 9.15. The van der Waals surface area contributed by atoms with Crippen LogP contribution in [0.5, 0.6) is 0 Å². The highest BCUT2D eigenvalue weighted by atomic mass is 16.5. The van der Waals surface area contributed by atoms with Crippen LogP contribution >= 0.6 is 0 Å². The van der Waals surface area contributed by atoms with Crippen molar-refractivity contribution in [2.45, 2.75) is 37.4 Å². The molecule has 0 amide bonds. The van der Waals surface area contributed by atoms with E-state index in [1.165, 1.54) is 0 Å². The Labute approximate surface area is 90.9 Å². The molecule has 1 N–H and O–H groups in total. The third kappa shape index (κ3) is 1.92. The molecule has 82 valence electrons. The van der Waals surface area contributed by atoms with Gasteiger partial charge >= 0.3 is 0 Å². The van der Waals surface area contributed by atoms with Crippen LogP contribution in [0, 0.1) is 0 Å². The van der Waals surface area contributed by atoms with Crippen LogP contribution in [0.2, 0.25) is 0 Å². The Morgan fingerprint density at radius 2 is 2.00 bits per heavy atom. The van der Waals surface area contributed by atoms with E-state index < -0.39 is 5.60 Å². The highest BCUT2D eigenvalue weighted by molar-refractivity contribution is 5.24. The maximum Gasteiger partial charge on any atom is 0.116 e. The molecule has 15 heavy (non-hydrogen) atoms. The molecule has 1 aromatic carbocycles. The largest absolute Gasteiger partial charge is 0.382 e. The lowest BCUT2D eigenvalue weighted by molar-refractivity contribution is -0.122. The molecule has 1 fully saturated rings. The Morgan fingerprint density at radius 3 is 2.67 bits per heavy atom. The van der Waals surface area contributed by atoms with Gasteiger partial charge in [-0.3, -0.25) is 0 Å². The quantitative estimate of drug-likeness (QED) is 0.805. The van der Waals surface area contributed by atoms with Gasteiger partial charge in [-0.1, -0.05) is 43.2 Å². The molecule has 1 aliphatic carbocycles. The molecule has 0 radical (unpaired) electrons.